The first-order valence-corrected chi connectivity index (χ1v) is 7.70. The predicted octanol–water partition coefficient (Wildman–Crippen LogP) is 0.981. The van der Waals surface area contributed by atoms with Gasteiger partial charge in [-0.25, -0.2) is 0 Å². The standard InChI is InChI=1S/C15H30N.HI/c1-2-3-6-11-16(12-7-8-13-16)14-15-9-4-5-10-15;/h15H,2-14H2,1H3;1H/q+1;/p-1. The number of likely N-dealkylation sites (tertiary alicyclic amines) is 1. The van der Waals surface area contributed by atoms with Gasteiger partial charge in [-0.2, -0.15) is 0 Å². The molecule has 0 atom stereocenters. The summed E-state index contributed by atoms with van der Waals surface area (Å²) in [6.45, 7) is 8.35. The Morgan fingerprint density at radius 3 is 2.18 bits per heavy atom. The molecule has 1 aliphatic carbocycles. The van der Waals surface area contributed by atoms with Gasteiger partial charge in [0, 0.05) is 18.8 Å². The van der Waals surface area contributed by atoms with Crippen LogP contribution < -0.4 is 24.0 Å². The van der Waals surface area contributed by atoms with Crippen molar-refractivity contribution in [3.05, 3.63) is 0 Å². The largest absolute Gasteiger partial charge is 1.00 e. The van der Waals surface area contributed by atoms with Crippen LogP contribution in [-0.2, 0) is 0 Å². The molecule has 0 aromatic rings. The molecule has 2 fully saturated rings. The van der Waals surface area contributed by atoms with Crippen molar-refractivity contribution < 1.29 is 28.5 Å². The second kappa shape index (κ2) is 7.98. The first-order valence-electron chi connectivity index (χ1n) is 7.70. The van der Waals surface area contributed by atoms with E-state index in [4.69, 9.17) is 0 Å². The van der Waals surface area contributed by atoms with Crippen molar-refractivity contribution in [1.82, 2.24) is 0 Å². The third-order valence-corrected chi connectivity index (χ3v) is 4.87. The van der Waals surface area contributed by atoms with E-state index < -0.39 is 0 Å². The normalized spacial score (nSPS) is 23.8. The Morgan fingerprint density at radius 1 is 0.941 bits per heavy atom. The van der Waals surface area contributed by atoms with Gasteiger partial charge in [0.1, 0.15) is 0 Å². The fourth-order valence-corrected chi connectivity index (χ4v) is 3.94. The summed E-state index contributed by atoms with van der Waals surface area (Å²) in [4.78, 5) is 0. The van der Waals surface area contributed by atoms with Gasteiger partial charge in [0.05, 0.1) is 26.2 Å². The molecule has 17 heavy (non-hydrogen) atoms. The Kier molecular flexibility index (Phi) is 7.39. The first kappa shape index (κ1) is 15.7. The van der Waals surface area contributed by atoms with Crippen molar-refractivity contribution >= 4 is 0 Å². The topological polar surface area (TPSA) is 0 Å². The van der Waals surface area contributed by atoms with Crippen LogP contribution in [0.25, 0.3) is 0 Å². The van der Waals surface area contributed by atoms with Crippen LogP contribution in [0.3, 0.4) is 0 Å². The van der Waals surface area contributed by atoms with Gasteiger partial charge in [0.25, 0.3) is 0 Å². The van der Waals surface area contributed by atoms with Crippen molar-refractivity contribution in [2.24, 2.45) is 5.92 Å². The molecule has 0 aromatic carbocycles. The van der Waals surface area contributed by atoms with E-state index in [0.29, 0.717) is 0 Å². The SMILES string of the molecule is CCCCC[N+]1(CC2CCCC2)CCCC1.[I-]. The quantitative estimate of drug-likeness (QED) is 0.380. The lowest BCUT2D eigenvalue weighted by atomic mass is 10.1. The summed E-state index contributed by atoms with van der Waals surface area (Å²) in [5.41, 5.74) is 0. The van der Waals surface area contributed by atoms with Gasteiger partial charge in [-0.05, 0) is 25.7 Å². The van der Waals surface area contributed by atoms with Crippen molar-refractivity contribution in [3.8, 4) is 0 Å². The third-order valence-electron chi connectivity index (χ3n) is 4.87. The molecular formula is C15H30IN. The second-order valence-electron chi connectivity index (χ2n) is 6.26. The highest BCUT2D eigenvalue weighted by Gasteiger charge is 2.34. The summed E-state index contributed by atoms with van der Waals surface area (Å²) in [7, 11) is 0. The summed E-state index contributed by atoms with van der Waals surface area (Å²) in [6.07, 6.45) is 13.4. The molecule has 0 unspecified atom stereocenters. The van der Waals surface area contributed by atoms with Crippen LogP contribution in [0.2, 0.25) is 0 Å². The van der Waals surface area contributed by atoms with E-state index in [1.54, 1.807) is 0 Å². The van der Waals surface area contributed by atoms with Gasteiger partial charge in [-0.15, -0.1) is 0 Å². The van der Waals surface area contributed by atoms with E-state index >= 15 is 0 Å². The lowest BCUT2D eigenvalue weighted by Gasteiger charge is -2.36. The van der Waals surface area contributed by atoms with Crippen molar-refractivity contribution in [2.45, 2.75) is 64.7 Å². The van der Waals surface area contributed by atoms with Gasteiger partial charge < -0.3 is 28.5 Å². The fraction of sp³-hybridized carbons (Fsp3) is 1.00. The second-order valence-corrected chi connectivity index (χ2v) is 6.26. The minimum absolute atomic E-state index is 0. The lowest BCUT2D eigenvalue weighted by Crippen LogP contribution is -3.00. The maximum absolute atomic E-state index is 2.32. The summed E-state index contributed by atoms with van der Waals surface area (Å²) < 4.78 is 1.50. The number of quaternary nitrogens is 1. The van der Waals surface area contributed by atoms with Gasteiger partial charge in [-0.3, -0.25) is 0 Å². The summed E-state index contributed by atoms with van der Waals surface area (Å²) in [6, 6.07) is 0. The van der Waals surface area contributed by atoms with Crippen LogP contribution >= 0.6 is 0 Å². The van der Waals surface area contributed by atoms with E-state index in [1.165, 1.54) is 88.4 Å². The Hall–Kier alpha value is 0.690. The molecule has 0 bridgehead atoms. The highest BCUT2D eigenvalue weighted by molar-refractivity contribution is 4.69. The molecule has 2 rings (SSSR count). The molecule has 0 amide bonds. The van der Waals surface area contributed by atoms with E-state index in [0.717, 1.165) is 5.92 Å². The summed E-state index contributed by atoms with van der Waals surface area (Å²) >= 11 is 0. The molecule has 1 nitrogen and oxygen atoms in total. The highest BCUT2D eigenvalue weighted by Crippen LogP contribution is 2.31. The molecule has 0 radical (unpaired) electrons. The number of halogens is 1. The first-order chi connectivity index (χ1) is 7.85. The molecular weight excluding hydrogens is 321 g/mol. The molecule has 0 N–H and O–H groups in total. The maximum Gasteiger partial charge on any atom is 0.0815 e. The number of nitrogens with zero attached hydrogens (tertiary/aromatic N) is 1. The fourth-order valence-electron chi connectivity index (χ4n) is 3.94. The molecule has 102 valence electrons. The number of unbranched alkanes of at least 4 members (excludes halogenated alkanes) is 2. The Bertz CT molecular complexity index is 193. The summed E-state index contributed by atoms with van der Waals surface area (Å²) in [5.74, 6) is 1.08. The molecule has 1 heterocycles. The third kappa shape index (κ3) is 4.70. The van der Waals surface area contributed by atoms with Crippen LogP contribution in [0.15, 0.2) is 0 Å². The lowest BCUT2D eigenvalue weighted by molar-refractivity contribution is -0.920. The van der Waals surface area contributed by atoms with Crippen LogP contribution in [-0.4, -0.2) is 30.7 Å². The van der Waals surface area contributed by atoms with Crippen molar-refractivity contribution in [3.63, 3.8) is 0 Å². The monoisotopic (exact) mass is 351 g/mol. The number of hydrogen-bond acceptors (Lipinski definition) is 0. The minimum atomic E-state index is 0. The van der Waals surface area contributed by atoms with E-state index in [2.05, 4.69) is 6.92 Å². The predicted molar refractivity (Wildman–Crippen MR) is 70.4 cm³/mol. The zero-order chi connectivity index (χ0) is 11.3. The van der Waals surface area contributed by atoms with Gasteiger partial charge in [-0.1, -0.05) is 26.2 Å². The van der Waals surface area contributed by atoms with E-state index in [1.807, 2.05) is 0 Å². The summed E-state index contributed by atoms with van der Waals surface area (Å²) in [5, 5.41) is 0. The van der Waals surface area contributed by atoms with Gasteiger partial charge in [0.15, 0.2) is 0 Å². The smallest absolute Gasteiger partial charge is 0.0815 e. The average Bonchev–Trinajstić information content (AvgIpc) is 2.91. The van der Waals surface area contributed by atoms with E-state index in [-0.39, 0.29) is 24.0 Å². The number of rotatable bonds is 6. The highest BCUT2D eigenvalue weighted by atomic mass is 127. The Labute approximate surface area is 125 Å². The van der Waals surface area contributed by atoms with Crippen molar-refractivity contribution in [2.75, 3.05) is 26.2 Å². The maximum atomic E-state index is 2.32. The zero-order valence-electron chi connectivity index (χ0n) is 11.6. The van der Waals surface area contributed by atoms with Crippen LogP contribution in [0, 0.1) is 5.92 Å². The van der Waals surface area contributed by atoms with Gasteiger partial charge in [0.2, 0.25) is 0 Å². The molecule has 1 saturated carbocycles. The van der Waals surface area contributed by atoms with E-state index in [9.17, 15) is 0 Å². The molecule has 0 aromatic heterocycles. The number of hydrogen-bond donors (Lipinski definition) is 0. The van der Waals surface area contributed by atoms with Crippen LogP contribution in [0.1, 0.15) is 64.7 Å². The molecule has 0 spiro atoms. The van der Waals surface area contributed by atoms with Gasteiger partial charge >= 0.3 is 0 Å². The molecule has 2 aliphatic rings. The molecule has 2 heteroatoms. The van der Waals surface area contributed by atoms with Crippen LogP contribution in [0.4, 0.5) is 0 Å². The Balaban J connectivity index is 0.00000144. The van der Waals surface area contributed by atoms with Crippen LogP contribution in [0.5, 0.6) is 0 Å². The average molecular weight is 351 g/mol. The molecule has 1 aliphatic heterocycles. The zero-order valence-corrected chi connectivity index (χ0v) is 13.8. The Morgan fingerprint density at radius 2 is 1.59 bits per heavy atom. The molecule has 1 saturated heterocycles. The minimum Gasteiger partial charge on any atom is -1.00 e. The van der Waals surface area contributed by atoms with Crippen molar-refractivity contribution in [1.29, 1.82) is 0 Å².